The standard InChI is InChI=1S/C13H12BrIN2O/c1-7-6-17-8(2)12(15)16-13(17)10-4-3-9(14)5-11(10)18-7/h3-5,7H,6H2,1-2H3. The molecule has 0 saturated carbocycles. The van der Waals surface area contributed by atoms with Crippen LogP contribution in [0.3, 0.4) is 0 Å². The number of halogens is 2. The Balaban J connectivity index is 2.28. The first-order valence-electron chi connectivity index (χ1n) is 5.75. The first kappa shape index (κ1) is 12.5. The fourth-order valence-electron chi connectivity index (χ4n) is 2.22. The van der Waals surface area contributed by atoms with Crippen molar-refractivity contribution in [2.24, 2.45) is 0 Å². The van der Waals surface area contributed by atoms with Crippen LogP contribution in [0.4, 0.5) is 0 Å². The molecular formula is C13H12BrIN2O. The summed E-state index contributed by atoms with van der Waals surface area (Å²) in [5.41, 5.74) is 2.27. The predicted molar refractivity (Wildman–Crippen MR) is 82.9 cm³/mol. The van der Waals surface area contributed by atoms with E-state index in [-0.39, 0.29) is 6.10 Å². The molecule has 1 aromatic heterocycles. The maximum absolute atomic E-state index is 5.98. The fourth-order valence-corrected chi connectivity index (χ4v) is 3.08. The average Bonchev–Trinajstić information content (AvgIpc) is 2.51. The molecule has 1 aliphatic rings. The van der Waals surface area contributed by atoms with E-state index in [0.29, 0.717) is 0 Å². The molecule has 1 aromatic carbocycles. The lowest BCUT2D eigenvalue weighted by atomic mass is 10.2. The van der Waals surface area contributed by atoms with Crippen molar-refractivity contribution in [3.8, 4) is 17.1 Å². The Morgan fingerprint density at radius 1 is 1.50 bits per heavy atom. The zero-order valence-corrected chi connectivity index (χ0v) is 13.8. The van der Waals surface area contributed by atoms with Crippen LogP contribution in [-0.4, -0.2) is 15.7 Å². The highest BCUT2D eigenvalue weighted by Gasteiger charge is 2.23. The van der Waals surface area contributed by atoms with E-state index in [9.17, 15) is 0 Å². The number of fused-ring (bicyclic) bond motifs is 3. The van der Waals surface area contributed by atoms with Crippen LogP contribution >= 0.6 is 38.5 Å². The number of rotatable bonds is 0. The lowest BCUT2D eigenvalue weighted by Crippen LogP contribution is -2.18. The van der Waals surface area contributed by atoms with Crippen molar-refractivity contribution in [3.63, 3.8) is 0 Å². The van der Waals surface area contributed by atoms with Crippen LogP contribution in [-0.2, 0) is 6.54 Å². The smallest absolute Gasteiger partial charge is 0.145 e. The average molecular weight is 419 g/mol. The molecule has 18 heavy (non-hydrogen) atoms. The second-order valence-corrected chi connectivity index (χ2v) is 6.43. The summed E-state index contributed by atoms with van der Waals surface area (Å²) < 4.78 is 10.3. The van der Waals surface area contributed by atoms with Crippen molar-refractivity contribution in [1.82, 2.24) is 9.55 Å². The van der Waals surface area contributed by atoms with Crippen LogP contribution in [0.2, 0.25) is 0 Å². The Morgan fingerprint density at radius 3 is 3.06 bits per heavy atom. The summed E-state index contributed by atoms with van der Waals surface area (Å²) in [7, 11) is 0. The van der Waals surface area contributed by atoms with Crippen LogP contribution in [0.5, 0.6) is 5.75 Å². The second-order valence-electron chi connectivity index (χ2n) is 4.49. The molecular weight excluding hydrogens is 407 g/mol. The minimum absolute atomic E-state index is 0.142. The zero-order valence-electron chi connectivity index (χ0n) is 10.1. The summed E-state index contributed by atoms with van der Waals surface area (Å²) in [5.74, 6) is 1.90. The summed E-state index contributed by atoms with van der Waals surface area (Å²) in [4.78, 5) is 4.67. The van der Waals surface area contributed by atoms with Gasteiger partial charge in [0, 0.05) is 10.2 Å². The lowest BCUT2D eigenvalue weighted by molar-refractivity contribution is 0.205. The molecule has 2 heterocycles. The third-order valence-electron chi connectivity index (χ3n) is 3.12. The van der Waals surface area contributed by atoms with Crippen LogP contribution in [0.1, 0.15) is 12.6 Å². The summed E-state index contributed by atoms with van der Waals surface area (Å²) >= 11 is 5.78. The molecule has 0 bridgehead atoms. The Kier molecular flexibility index (Phi) is 3.13. The quantitative estimate of drug-likeness (QED) is 0.604. The van der Waals surface area contributed by atoms with Crippen LogP contribution < -0.4 is 4.74 Å². The molecule has 0 saturated heterocycles. The Bertz CT molecular complexity index is 624. The molecule has 0 N–H and O–H groups in total. The number of benzene rings is 1. The van der Waals surface area contributed by atoms with Gasteiger partial charge in [0.1, 0.15) is 21.4 Å². The van der Waals surface area contributed by atoms with Crippen molar-refractivity contribution in [2.45, 2.75) is 26.5 Å². The highest BCUT2D eigenvalue weighted by atomic mass is 127. The SMILES string of the molecule is Cc1c(I)nc2n1CC(C)Oc1cc(Br)ccc1-2. The van der Waals surface area contributed by atoms with Gasteiger partial charge in [-0.2, -0.15) is 0 Å². The Labute approximate surface area is 128 Å². The minimum atomic E-state index is 0.142. The molecule has 3 nitrogen and oxygen atoms in total. The molecule has 0 aliphatic carbocycles. The van der Waals surface area contributed by atoms with Gasteiger partial charge in [-0.15, -0.1) is 0 Å². The normalized spacial score (nSPS) is 17.7. The number of imidazole rings is 1. The largest absolute Gasteiger partial charge is 0.488 e. The monoisotopic (exact) mass is 418 g/mol. The first-order chi connectivity index (χ1) is 8.56. The van der Waals surface area contributed by atoms with E-state index in [2.05, 4.69) is 68.0 Å². The molecule has 0 fully saturated rings. The molecule has 94 valence electrons. The topological polar surface area (TPSA) is 27.1 Å². The molecule has 1 unspecified atom stereocenters. The summed E-state index contributed by atoms with van der Waals surface area (Å²) in [6, 6.07) is 6.10. The zero-order chi connectivity index (χ0) is 12.9. The molecule has 1 aliphatic heterocycles. The van der Waals surface area contributed by atoms with Gasteiger partial charge in [-0.3, -0.25) is 0 Å². The van der Waals surface area contributed by atoms with Gasteiger partial charge in [0.2, 0.25) is 0 Å². The maximum atomic E-state index is 5.98. The molecule has 3 rings (SSSR count). The van der Waals surface area contributed by atoms with Gasteiger partial charge in [0.05, 0.1) is 12.1 Å². The van der Waals surface area contributed by atoms with Crippen molar-refractivity contribution in [2.75, 3.05) is 0 Å². The van der Waals surface area contributed by atoms with Gasteiger partial charge in [-0.05, 0) is 54.6 Å². The van der Waals surface area contributed by atoms with Gasteiger partial charge in [-0.1, -0.05) is 15.9 Å². The Morgan fingerprint density at radius 2 is 2.28 bits per heavy atom. The molecule has 2 aromatic rings. The minimum Gasteiger partial charge on any atom is -0.488 e. The van der Waals surface area contributed by atoms with Gasteiger partial charge < -0.3 is 9.30 Å². The van der Waals surface area contributed by atoms with Crippen LogP contribution in [0.25, 0.3) is 11.4 Å². The molecule has 0 amide bonds. The van der Waals surface area contributed by atoms with E-state index >= 15 is 0 Å². The van der Waals surface area contributed by atoms with Gasteiger partial charge >= 0.3 is 0 Å². The number of ether oxygens (including phenoxy) is 1. The molecule has 5 heteroatoms. The van der Waals surface area contributed by atoms with Gasteiger partial charge in [0.15, 0.2) is 0 Å². The highest BCUT2D eigenvalue weighted by molar-refractivity contribution is 14.1. The van der Waals surface area contributed by atoms with E-state index in [1.807, 2.05) is 12.1 Å². The van der Waals surface area contributed by atoms with Crippen molar-refractivity contribution < 1.29 is 4.74 Å². The van der Waals surface area contributed by atoms with E-state index in [1.165, 1.54) is 5.69 Å². The van der Waals surface area contributed by atoms with Gasteiger partial charge in [0.25, 0.3) is 0 Å². The van der Waals surface area contributed by atoms with Crippen molar-refractivity contribution in [3.05, 3.63) is 32.1 Å². The maximum Gasteiger partial charge on any atom is 0.145 e. The lowest BCUT2D eigenvalue weighted by Gasteiger charge is -2.13. The van der Waals surface area contributed by atoms with E-state index < -0.39 is 0 Å². The first-order valence-corrected chi connectivity index (χ1v) is 7.62. The van der Waals surface area contributed by atoms with E-state index in [0.717, 1.165) is 31.9 Å². The molecule has 0 spiro atoms. The highest BCUT2D eigenvalue weighted by Crippen LogP contribution is 2.36. The van der Waals surface area contributed by atoms with Crippen molar-refractivity contribution >= 4 is 38.5 Å². The van der Waals surface area contributed by atoms with Gasteiger partial charge in [-0.25, -0.2) is 4.98 Å². The van der Waals surface area contributed by atoms with Crippen molar-refractivity contribution in [1.29, 1.82) is 0 Å². The third-order valence-corrected chi connectivity index (χ3v) is 4.63. The van der Waals surface area contributed by atoms with Crippen LogP contribution in [0, 0.1) is 10.6 Å². The van der Waals surface area contributed by atoms with E-state index in [4.69, 9.17) is 4.74 Å². The number of aromatic nitrogens is 2. The third kappa shape index (κ3) is 1.97. The summed E-state index contributed by atoms with van der Waals surface area (Å²) in [5, 5.41) is 0. The summed E-state index contributed by atoms with van der Waals surface area (Å²) in [6.45, 7) is 5.03. The number of hydrogen-bond donors (Lipinski definition) is 0. The fraction of sp³-hybridized carbons (Fsp3) is 0.308. The second kappa shape index (κ2) is 4.52. The van der Waals surface area contributed by atoms with Crippen LogP contribution in [0.15, 0.2) is 22.7 Å². The number of hydrogen-bond acceptors (Lipinski definition) is 2. The number of nitrogens with zero attached hydrogens (tertiary/aromatic N) is 2. The summed E-state index contributed by atoms with van der Waals surface area (Å²) in [6.07, 6.45) is 0.142. The Hall–Kier alpha value is -0.560. The molecule has 0 radical (unpaired) electrons. The molecule has 1 atom stereocenters. The van der Waals surface area contributed by atoms with E-state index in [1.54, 1.807) is 0 Å². The predicted octanol–water partition coefficient (Wildman–Crippen LogP) is 4.01.